The van der Waals surface area contributed by atoms with Crippen LogP contribution in [-0.4, -0.2) is 51.0 Å². The number of carbonyl (C=O) groups is 2. The van der Waals surface area contributed by atoms with E-state index in [1.165, 1.54) is 35.0 Å². The molecule has 0 radical (unpaired) electrons. The molecule has 42 heavy (non-hydrogen) atoms. The monoisotopic (exact) mass is 736 g/mol. The van der Waals surface area contributed by atoms with E-state index in [9.17, 15) is 18.4 Å². The summed E-state index contributed by atoms with van der Waals surface area (Å²) in [5.74, 6) is -3.72. The molecule has 0 saturated carbocycles. The van der Waals surface area contributed by atoms with Gasteiger partial charge >= 0.3 is 0 Å². The van der Waals surface area contributed by atoms with E-state index in [2.05, 4.69) is 67.3 Å². The minimum Gasteiger partial charge on any atom is -0.303 e. The molecule has 12 nitrogen and oxygen atoms in total. The first-order valence-corrected chi connectivity index (χ1v) is 13.8. The number of carbonyl (C=O) groups excluding carboxylic acids is 2. The number of nitrogens with one attached hydrogen (secondary N) is 1. The van der Waals surface area contributed by atoms with E-state index in [1.807, 2.05) is 0 Å². The Morgan fingerprint density at radius 2 is 1.40 bits per heavy atom. The Hall–Kier alpha value is -4.12. The van der Waals surface area contributed by atoms with Gasteiger partial charge in [-0.3, -0.25) is 14.5 Å². The molecule has 210 valence electrons. The maximum Gasteiger partial charge on any atom is 0.285 e. The molecule has 0 bridgehead atoms. The van der Waals surface area contributed by atoms with Crippen LogP contribution in [0.25, 0.3) is 11.3 Å². The maximum absolute atomic E-state index is 14.3. The normalized spacial score (nSPS) is 11.3. The van der Waals surface area contributed by atoms with Gasteiger partial charge in [-0.15, -0.1) is 0 Å². The topological polar surface area (TPSA) is 136 Å². The van der Waals surface area contributed by atoms with E-state index in [0.717, 1.165) is 33.9 Å². The van der Waals surface area contributed by atoms with Crippen molar-refractivity contribution in [1.29, 1.82) is 0 Å². The van der Waals surface area contributed by atoms with E-state index in [-0.39, 0.29) is 44.5 Å². The Morgan fingerprint density at radius 1 is 0.833 bits per heavy atom. The second-order valence-electron chi connectivity index (χ2n) is 8.32. The van der Waals surface area contributed by atoms with Crippen molar-refractivity contribution < 1.29 is 18.4 Å². The number of amides is 2. The van der Waals surface area contributed by atoms with Crippen molar-refractivity contribution in [3.8, 4) is 0 Å². The lowest BCUT2D eigenvalue weighted by molar-refractivity contribution is 0.0993. The van der Waals surface area contributed by atoms with Gasteiger partial charge in [-0.25, -0.2) is 29.0 Å². The van der Waals surface area contributed by atoms with Gasteiger partial charge in [0.2, 0.25) is 11.9 Å². The van der Waals surface area contributed by atoms with Crippen LogP contribution >= 0.6 is 55.1 Å². The molecule has 6 aromatic heterocycles. The summed E-state index contributed by atoms with van der Waals surface area (Å²) in [5.41, 5.74) is 0.0169. The van der Waals surface area contributed by atoms with Crippen molar-refractivity contribution in [3.05, 3.63) is 97.5 Å². The van der Waals surface area contributed by atoms with Crippen molar-refractivity contribution in [2.45, 2.75) is 0 Å². The predicted octanol–water partition coefficient (Wildman–Crippen LogP) is 5.90. The largest absolute Gasteiger partial charge is 0.303 e. The number of fused-ring (bicyclic) bond motifs is 2. The Balaban J connectivity index is 1.53. The summed E-state index contributed by atoms with van der Waals surface area (Å²) in [5, 5.41) is 10.9. The summed E-state index contributed by atoms with van der Waals surface area (Å²) in [6.45, 7) is 0. The van der Waals surface area contributed by atoms with E-state index in [0.29, 0.717) is 14.6 Å². The van der Waals surface area contributed by atoms with Crippen molar-refractivity contribution in [2.24, 2.45) is 0 Å². The first kappa shape index (κ1) is 28.0. The van der Waals surface area contributed by atoms with Gasteiger partial charge in [-0.1, -0.05) is 23.2 Å². The minimum atomic E-state index is -0.902. The third-order valence-electron chi connectivity index (χ3n) is 5.71. The molecule has 0 aliphatic rings. The van der Waals surface area contributed by atoms with Gasteiger partial charge in [0.1, 0.15) is 0 Å². The van der Waals surface area contributed by atoms with Crippen LogP contribution < -0.4 is 10.2 Å². The van der Waals surface area contributed by atoms with Crippen LogP contribution in [0.2, 0.25) is 10.3 Å². The first-order chi connectivity index (χ1) is 20.1. The molecule has 0 atom stereocenters. The number of aromatic nitrogens is 8. The third-order valence-corrected chi connectivity index (χ3v) is 7.25. The predicted molar refractivity (Wildman–Crippen MR) is 154 cm³/mol. The lowest BCUT2D eigenvalue weighted by Gasteiger charge is -2.23. The van der Waals surface area contributed by atoms with Crippen molar-refractivity contribution in [1.82, 2.24) is 39.2 Å². The summed E-state index contributed by atoms with van der Waals surface area (Å²) in [6, 6.07) is 7.56. The molecule has 6 aromatic rings. The molecule has 0 aromatic carbocycles. The van der Waals surface area contributed by atoms with E-state index in [4.69, 9.17) is 23.2 Å². The highest BCUT2D eigenvalue weighted by Gasteiger charge is 2.31. The number of pyridine rings is 2. The second-order valence-corrected chi connectivity index (χ2v) is 10.8. The molecule has 0 unspecified atom stereocenters. The zero-order valence-corrected chi connectivity index (χ0v) is 25.0. The fourth-order valence-electron chi connectivity index (χ4n) is 4.02. The molecule has 0 fully saturated rings. The van der Waals surface area contributed by atoms with E-state index >= 15 is 0 Å². The average Bonchev–Trinajstić information content (AvgIpc) is 3.51. The van der Waals surface area contributed by atoms with Crippen molar-refractivity contribution in [2.75, 3.05) is 10.2 Å². The number of nitrogens with zero attached hydrogens (tertiary/aromatic N) is 9. The Labute approximate surface area is 259 Å². The molecule has 6 rings (SSSR count). The molecule has 0 aliphatic heterocycles. The highest BCUT2D eigenvalue weighted by Crippen LogP contribution is 2.32. The fraction of sp³-hybridized carbons (Fsp3) is 0. The molecule has 0 saturated heterocycles. The van der Waals surface area contributed by atoms with Crippen LogP contribution in [0, 0.1) is 11.9 Å². The summed E-state index contributed by atoms with van der Waals surface area (Å²) in [6.07, 6.45) is 3.52. The molecular weight excluding hydrogens is 729 g/mol. The van der Waals surface area contributed by atoms with Gasteiger partial charge in [0.25, 0.3) is 11.8 Å². The number of halogens is 6. The van der Waals surface area contributed by atoms with Crippen molar-refractivity contribution in [3.63, 3.8) is 0 Å². The molecule has 0 spiro atoms. The lowest BCUT2D eigenvalue weighted by atomic mass is 10.2. The Bertz CT molecular complexity index is 2030. The summed E-state index contributed by atoms with van der Waals surface area (Å²) in [7, 11) is 0. The number of imidazole rings is 2. The summed E-state index contributed by atoms with van der Waals surface area (Å²) in [4.78, 5) is 44.4. The molecule has 18 heteroatoms. The highest BCUT2D eigenvalue weighted by atomic mass is 79.9. The van der Waals surface area contributed by atoms with Gasteiger partial charge < -0.3 is 5.32 Å². The highest BCUT2D eigenvalue weighted by molar-refractivity contribution is 9.11. The lowest BCUT2D eigenvalue weighted by Crippen LogP contribution is -2.29. The first-order valence-electron chi connectivity index (χ1n) is 11.4. The zero-order chi connectivity index (χ0) is 29.7. The van der Waals surface area contributed by atoms with Gasteiger partial charge in [0.05, 0.1) is 26.5 Å². The van der Waals surface area contributed by atoms with Crippen LogP contribution in [0.5, 0.6) is 0 Å². The molecule has 0 aliphatic carbocycles. The van der Waals surface area contributed by atoms with Crippen LogP contribution in [0.15, 0.2) is 63.9 Å². The SMILES string of the molecule is O=C(Nc1nc2c(Br)cc(Cl)nn2c1C(=O)N(c1ccnc(F)c1)c1ccnc(F)c1)c1cnc2c(Br)cc(Cl)nn12. The van der Waals surface area contributed by atoms with Gasteiger partial charge in [-0.2, -0.15) is 19.0 Å². The van der Waals surface area contributed by atoms with Gasteiger partial charge in [0, 0.05) is 24.5 Å². The van der Waals surface area contributed by atoms with E-state index < -0.39 is 23.7 Å². The van der Waals surface area contributed by atoms with Crippen LogP contribution in [0.4, 0.5) is 26.0 Å². The Kier molecular flexibility index (Phi) is 7.30. The third kappa shape index (κ3) is 5.06. The van der Waals surface area contributed by atoms with Crippen molar-refractivity contribution >= 4 is 95.4 Å². The Morgan fingerprint density at radius 3 is 2.00 bits per heavy atom. The smallest absolute Gasteiger partial charge is 0.285 e. The number of anilines is 3. The summed E-state index contributed by atoms with van der Waals surface area (Å²) < 4.78 is 31.5. The summed E-state index contributed by atoms with van der Waals surface area (Å²) >= 11 is 18.9. The molecule has 6 heterocycles. The van der Waals surface area contributed by atoms with Gasteiger partial charge in [0.15, 0.2) is 38.8 Å². The average molecular weight is 739 g/mol. The second kappa shape index (κ2) is 10.9. The maximum atomic E-state index is 14.3. The fourth-order valence-corrected chi connectivity index (χ4v) is 5.61. The van der Waals surface area contributed by atoms with Crippen LogP contribution in [0.1, 0.15) is 21.0 Å². The standard InChI is InChI=1S/C24H10Br2Cl2F2N10O2/c25-12-7-15(27)36-39-14(9-33-21(12)39)23(41)35-20-19(40-22(34-20)13(26)8-16(28)37-40)24(42)38(10-1-3-31-17(29)5-10)11-2-4-32-18(30)6-11/h1-9H,(H,35,41). The van der Waals surface area contributed by atoms with Crippen LogP contribution in [0.3, 0.4) is 0 Å². The van der Waals surface area contributed by atoms with Crippen LogP contribution in [-0.2, 0) is 0 Å². The zero-order valence-electron chi connectivity index (χ0n) is 20.3. The number of hydrogen-bond donors (Lipinski definition) is 1. The number of rotatable bonds is 5. The molecule has 1 N–H and O–H groups in total. The molecular formula is C24H10Br2Cl2F2N10O2. The van der Waals surface area contributed by atoms with E-state index in [1.54, 1.807) is 0 Å². The minimum absolute atomic E-state index is 0.0168. The molecule has 2 amide bonds. The number of hydrogen-bond acceptors (Lipinski definition) is 8. The quantitative estimate of drug-likeness (QED) is 0.216. The van der Waals surface area contributed by atoms with Gasteiger partial charge in [-0.05, 0) is 56.1 Å².